The lowest BCUT2D eigenvalue weighted by molar-refractivity contribution is 0.197. The third-order valence-electron chi connectivity index (χ3n) is 2.56. The number of halogens is 2. The molecule has 0 saturated heterocycles. The van der Waals surface area contributed by atoms with Crippen molar-refractivity contribution in [2.75, 3.05) is 6.54 Å². The SMILES string of the molecule is CC(C)NCCCC(C)Oc1cc(F)ccc1F. The minimum Gasteiger partial charge on any atom is -0.488 e. The molecular formula is C14H21F2NO. The van der Waals surface area contributed by atoms with E-state index >= 15 is 0 Å². The molecule has 0 spiro atoms. The summed E-state index contributed by atoms with van der Waals surface area (Å²) in [4.78, 5) is 0. The molecule has 0 fully saturated rings. The molecule has 4 heteroatoms. The highest BCUT2D eigenvalue weighted by Crippen LogP contribution is 2.20. The van der Waals surface area contributed by atoms with Crippen molar-refractivity contribution in [3.63, 3.8) is 0 Å². The Morgan fingerprint density at radius 1 is 1.22 bits per heavy atom. The highest BCUT2D eigenvalue weighted by Gasteiger charge is 2.09. The van der Waals surface area contributed by atoms with Crippen molar-refractivity contribution in [2.45, 2.75) is 45.8 Å². The summed E-state index contributed by atoms with van der Waals surface area (Å²) in [6.45, 7) is 6.93. The largest absolute Gasteiger partial charge is 0.488 e. The Balaban J connectivity index is 2.35. The van der Waals surface area contributed by atoms with E-state index in [1.165, 1.54) is 0 Å². The summed E-state index contributed by atoms with van der Waals surface area (Å²) >= 11 is 0. The molecule has 18 heavy (non-hydrogen) atoms. The number of benzene rings is 1. The highest BCUT2D eigenvalue weighted by molar-refractivity contribution is 5.25. The van der Waals surface area contributed by atoms with E-state index in [2.05, 4.69) is 19.2 Å². The van der Waals surface area contributed by atoms with Gasteiger partial charge >= 0.3 is 0 Å². The molecule has 0 aliphatic carbocycles. The maximum Gasteiger partial charge on any atom is 0.165 e. The van der Waals surface area contributed by atoms with Crippen molar-refractivity contribution >= 4 is 0 Å². The van der Waals surface area contributed by atoms with Crippen molar-refractivity contribution in [1.29, 1.82) is 0 Å². The molecule has 102 valence electrons. The van der Waals surface area contributed by atoms with Crippen LogP contribution >= 0.6 is 0 Å². The standard InChI is InChI=1S/C14H21F2NO/c1-10(2)17-8-4-5-11(3)18-14-9-12(15)6-7-13(14)16/h6-7,9-11,17H,4-5,8H2,1-3H3. The van der Waals surface area contributed by atoms with E-state index in [1.807, 2.05) is 6.92 Å². The fraction of sp³-hybridized carbons (Fsp3) is 0.571. The molecule has 0 aliphatic rings. The van der Waals surface area contributed by atoms with Crippen molar-refractivity contribution in [3.05, 3.63) is 29.8 Å². The molecule has 1 aromatic carbocycles. The molecule has 1 rings (SSSR count). The van der Waals surface area contributed by atoms with Gasteiger partial charge in [-0.1, -0.05) is 13.8 Å². The molecule has 1 unspecified atom stereocenters. The monoisotopic (exact) mass is 257 g/mol. The molecular weight excluding hydrogens is 236 g/mol. The van der Waals surface area contributed by atoms with Gasteiger partial charge in [0.1, 0.15) is 5.82 Å². The van der Waals surface area contributed by atoms with E-state index < -0.39 is 11.6 Å². The second-order valence-electron chi connectivity index (χ2n) is 4.75. The van der Waals surface area contributed by atoms with Gasteiger partial charge in [-0.15, -0.1) is 0 Å². The van der Waals surface area contributed by atoms with Crippen LogP contribution in [0, 0.1) is 11.6 Å². The van der Waals surface area contributed by atoms with Crippen LogP contribution in [0.25, 0.3) is 0 Å². The summed E-state index contributed by atoms with van der Waals surface area (Å²) in [5.74, 6) is -1.03. The molecule has 0 heterocycles. The number of hydrogen-bond acceptors (Lipinski definition) is 2. The first kappa shape index (κ1) is 14.9. The predicted octanol–water partition coefficient (Wildman–Crippen LogP) is 3.51. The van der Waals surface area contributed by atoms with Gasteiger partial charge < -0.3 is 10.1 Å². The van der Waals surface area contributed by atoms with Gasteiger partial charge in [0.15, 0.2) is 11.6 Å². The van der Waals surface area contributed by atoms with Crippen molar-refractivity contribution in [3.8, 4) is 5.75 Å². The Morgan fingerprint density at radius 3 is 2.61 bits per heavy atom. The third-order valence-corrected chi connectivity index (χ3v) is 2.56. The van der Waals surface area contributed by atoms with E-state index in [9.17, 15) is 8.78 Å². The predicted molar refractivity (Wildman–Crippen MR) is 68.8 cm³/mol. The minimum atomic E-state index is -0.524. The molecule has 1 N–H and O–H groups in total. The van der Waals surface area contributed by atoms with Crippen LogP contribution < -0.4 is 10.1 Å². The number of nitrogens with one attached hydrogen (secondary N) is 1. The highest BCUT2D eigenvalue weighted by atomic mass is 19.1. The van der Waals surface area contributed by atoms with Crippen molar-refractivity contribution in [1.82, 2.24) is 5.32 Å². The Morgan fingerprint density at radius 2 is 1.94 bits per heavy atom. The lowest BCUT2D eigenvalue weighted by atomic mass is 10.2. The van der Waals surface area contributed by atoms with Crippen LogP contribution in [-0.2, 0) is 0 Å². The molecule has 0 amide bonds. The first-order valence-electron chi connectivity index (χ1n) is 6.34. The molecule has 2 nitrogen and oxygen atoms in total. The van der Waals surface area contributed by atoms with Gasteiger partial charge in [0.05, 0.1) is 6.10 Å². The van der Waals surface area contributed by atoms with Crippen LogP contribution in [0.2, 0.25) is 0 Å². The van der Waals surface area contributed by atoms with Crippen LogP contribution in [-0.4, -0.2) is 18.7 Å². The summed E-state index contributed by atoms with van der Waals surface area (Å²) < 4.78 is 31.6. The Kier molecular flexibility index (Phi) is 6.05. The molecule has 0 saturated carbocycles. The topological polar surface area (TPSA) is 21.3 Å². The summed E-state index contributed by atoms with van der Waals surface area (Å²) in [5, 5.41) is 3.30. The van der Waals surface area contributed by atoms with Crippen LogP contribution in [0.3, 0.4) is 0 Å². The number of ether oxygens (including phenoxy) is 1. The molecule has 1 atom stereocenters. The Bertz CT molecular complexity index is 369. The van der Waals surface area contributed by atoms with Gasteiger partial charge in [-0.2, -0.15) is 0 Å². The Hall–Kier alpha value is -1.16. The van der Waals surface area contributed by atoms with Crippen molar-refractivity contribution < 1.29 is 13.5 Å². The zero-order valence-electron chi connectivity index (χ0n) is 11.2. The summed E-state index contributed by atoms with van der Waals surface area (Å²) in [5.41, 5.74) is 0. The maximum atomic E-state index is 13.3. The first-order valence-corrected chi connectivity index (χ1v) is 6.34. The van der Waals surface area contributed by atoms with E-state index in [0.29, 0.717) is 6.04 Å². The summed E-state index contributed by atoms with van der Waals surface area (Å²) in [6, 6.07) is 3.71. The van der Waals surface area contributed by atoms with E-state index in [-0.39, 0.29) is 11.9 Å². The van der Waals surface area contributed by atoms with E-state index in [1.54, 1.807) is 0 Å². The quantitative estimate of drug-likeness (QED) is 0.755. The first-order chi connectivity index (χ1) is 8.49. The van der Waals surface area contributed by atoms with Gasteiger partial charge in [0.25, 0.3) is 0 Å². The molecule has 0 aromatic heterocycles. The maximum absolute atomic E-state index is 13.3. The summed E-state index contributed by atoms with van der Waals surface area (Å²) in [7, 11) is 0. The number of hydrogen-bond donors (Lipinski definition) is 1. The van der Waals surface area contributed by atoms with Gasteiger partial charge in [0, 0.05) is 12.1 Å². The normalized spacial score (nSPS) is 12.8. The lowest BCUT2D eigenvalue weighted by Crippen LogP contribution is -2.25. The molecule has 0 radical (unpaired) electrons. The van der Waals surface area contributed by atoms with Crippen molar-refractivity contribution in [2.24, 2.45) is 0 Å². The molecule has 0 aliphatic heterocycles. The second-order valence-corrected chi connectivity index (χ2v) is 4.75. The zero-order chi connectivity index (χ0) is 13.5. The average Bonchev–Trinajstić information content (AvgIpc) is 2.29. The zero-order valence-corrected chi connectivity index (χ0v) is 11.2. The fourth-order valence-corrected chi connectivity index (χ4v) is 1.62. The van der Waals surface area contributed by atoms with Crippen LogP contribution in [0.4, 0.5) is 8.78 Å². The average molecular weight is 257 g/mol. The Labute approximate surface area is 107 Å². The lowest BCUT2D eigenvalue weighted by Gasteiger charge is -2.16. The fourth-order valence-electron chi connectivity index (χ4n) is 1.62. The third kappa shape index (κ3) is 5.45. The van der Waals surface area contributed by atoms with Crippen LogP contribution in [0.5, 0.6) is 5.75 Å². The minimum absolute atomic E-state index is 0.0145. The molecule has 0 bridgehead atoms. The van der Waals surface area contributed by atoms with Crippen LogP contribution in [0.1, 0.15) is 33.6 Å². The van der Waals surface area contributed by atoms with Gasteiger partial charge in [-0.05, 0) is 38.4 Å². The summed E-state index contributed by atoms with van der Waals surface area (Å²) in [6.07, 6.45) is 1.61. The van der Waals surface area contributed by atoms with Gasteiger partial charge in [-0.25, -0.2) is 8.78 Å². The second kappa shape index (κ2) is 7.31. The van der Waals surface area contributed by atoms with E-state index in [4.69, 9.17) is 4.74 Å². The smallest absolute Gasteiger partial charge is 0.165 e. The van der Waals surface area contributed by atoms with E-state index in [0.717, 1.165) is 37.6 Å². The number of rotatable bonds is 7. The van der Waals surface area contributed by atoms with Gasteiger partial charge in [0.2, 0.25) is 0 Å². The molecule has 1 aromatic rings. The van der Waals surface area contributed by atoms with Gasteiger partial charge in [-0.3, -0.25) is 0 Å². The van der Waals surface area contributed by atoms with Crippen LogP contribution in [0.15, 0.2) is 18.2 Å².